The third-order valence-electron chi connectivity index (χ3n) is 1.80. The minimum atomic E-state index is -4.57. The van der Waals surface area contributed by atoms with Crippen molar-refractivity contribution in [2.24, 2.45) is 5.84 Å². The maximum absolute atomic E-state index is 12.0. The average molecular weight is 170 g/mol. The quantitative estimate of drug-likeness (QED) is 0.497. The largest absolute Gasteiger partial charge is 0.418 e. The molecule has 0 radical (unpaired) electrons. The van der Waals surface area contributed by atoms with E-state index in [0.29, 0.717) is 0 Å². The Hall–Kier alpha value is -0.330. The van der Waals surface area contributed by atoms with Crippen molar-refractivity contribution in [1.82, 2.24) is 5.01 Å². The molecule has 1 fully saturated rings. The van der Waals surface area contributed by atoms with Gasteiger partial charge in [0.25, 0.3) is 0 Å². The number of alkyl halides is 3. The van der Waals surface area contributed by atoms with Crippen molar-refractivity contribution in [2.75, 3.05) is 13.1 Å². The minimum absolute atomic E-state index is 0.0794. The summed E-state index contributed by atoms with van der Waals surface area (Å²) in [7, 11) is 0. The Labute approximate surface area is 61.6 Å². The maximum atomic E-state index is 12.0. The molecule has 3 N–H and O–H groups in total. The Balaban J connectivity index is 2.69. The molecule has 0 aromatic rings. The monoisotopic (exact) mass is 170 g/mol. The summed E-state index contributed by atoms with van der Waals surface area (Å²) in [5.41, 5.74) is -2.60. The van der Waals surface area contributed by atoms with Gasteiger partial charge in [-0.15, -0.1) is 0 Å². The van der Waals surface area contributed by atoms with E-state index >= 15 is 0 Å². The van der Waals surface area contributed by atoms with Crippen molar-refractivity contribution in [1.29, 1.82) is 0 Å². The van der Waals surface area contributed by atoms with E-state index in [1.54, 1.807) is 0 Å². The Kier molecular flexibility index (Phi) is 1.85. The topological polar surface area (TPSA) is 49.5 Å². The van der Waals surface area contributed by atoms with Gasteiger partial charge in [0, 0.05) is 13.0 Å². The van der Waals surface area contributed by atoms with Crippen molar-refractivity contribution in [3.63, 3.8) is 0 Å². The van der Waals surface area contributed by atoms with Crippen LogP contribution in [0.25, 0.3) is 0 Å². The highest BCUT2D eigenvalue weighted by atomic mass is 19.4. The molecule has 1 heterocycles. The van der Waals surface area contributed by atoms with E-state index in [1.807, 2.05) is 0 Å². The van der Waals surface area contributed by atoms with E-state index < -0.39 is 18.3 Å². The molecule has 1 aliphatic rings. The molecule has 0 unspecified atom stereocenters. The molecule has 6 heteroatoms. The molecule has 11 heavy (non-hydrogen) atoms. The van der Waals surface area contributed by atoms with Crippen LogP contribution in [0.4, 0.5) is 13.2 Å². The van der Waals surface area contributed by atoms with Crippen LogP contribution >= 0.6 is 0 Å². The second kappa shape index (κ2) is 2.33. The Morgan fingerprint density at radius 2 is 2.00 bits per heavy atom. The fraction of sp³-hybridized carbons (Fsp3) is 1.00. The molecule has 0 spiro atoms. The molecule has 0 amide bonds. The van der Waals surface area contributed by atoms with E-state index in [2.05, 4.69) is 0 Å². The summed E-state index contributed by atoms with van der Waals surface area (Å²) in [5.74, 6) is 5.08. The zero-order valence-electron chi connectivity index (χ0n) is 5.73. The number of hydrogen-bond donors (Lipinski definition) is 2. The van der Waals surface area contributed by atoms with E-state index in [0.717, 1.165) is 5.01 Å². The Morgan fingerprint density at radius 1 is 1.45 bits per heavy atom. The minimum Gasteiger partial charge on any atom is -0.379 e. The summed E-state index contributed by atoms with van der Waals surface area (Å²) in [5, 5.41) is 9.92. The molecule has 1 aliphatic heterocycles. The molecule has 0 aliphatic carbocycles. The molecular formula is C5H9F3N2O. The predicted molar refractivity (Wildman–Crippen MR) is 31.4 cm³/mol. The summed E-state index contributed by atoms with van der Waals surface area (Å²) in [6, 6.07) is 0. The lowest BCUT2D eigenvalue weighted by molar-refractivity contribution is -0.254. The van der Waals surface area contributed by atoms with Crippen molar-refractivity contribution in [3.05, 3.63) is 0 Å². The summed E-state index contributed by atoms with van der Waals surface area (Å²) >= 11 is 0. The molecular weight excluding hydrogens is 161 g/mol. The van der Waals surface area contributed by atoms with Crippen molar-refractivity contribution in [2.45, 2.75) is 18.2 Å². The Bertz CT molecular complexity index is 160. The van der Waals surface area contributed by atoms with Gasteiger partial charge in [0.15, 0.2) is 5.60 Å². The number of halogens is 3. The highest BCUT2D eigenvalue weighted by Crippen LogP contribution is 2.36. The number of nitrogens with zero attached hydrogens (tertiary/aromatic N) is 1. The second-order valence-corrected chi connectivity index (χ2v) is 2.75. The van der Waals surface area contributed by atoms with Gasteiger partial charge >= 0.3 is 6.18 Å². The Morgan fingerprint density at radius 3 is 2.18 bits per heavy atom. The second-order valence-electron chi connectivity index (χ2n) is 2.75. The van der Waals surface area contributed by atoms with Gasteiger partial charge in [0.1, 0.15) is 0 Å². The third kappa shape index (κ3) is 1.47. The fourth-order valence-electron chi connectivity index (χ4n) is 1.05. The lowest BCUT2D eigenvalue weighted by Gasteiger charge is -2.24. The van der Waals surface area contributed by atoms with Crippen LogP contribution < -0.4 is 5.84 Å². The van der Waals surface area contributed by atoms with E-state index in [-0.39, 0.29) is 13.0 Å². The molecule has 66 valence electrons. The highest BCUT2D eigenvalue weighted by Gasteiger charge is 2.56. The molecule has 1 rings (SSSR count). The average Bonchev–Trinajstić information content (AvgIpc) is 2.10. The molecule has 0 bridgehead atoms. The smallest absolute Gasteiger partial charge is 0.379 e. The highest BCUT2D eigenvalue weighted by molar-refractivity contribution is 4.94. The van der Waals surface area contributed by atoms with Crippen LogP contribution in [-0.2, 0) is 0 Å². The SMILES string of the molecule is NN1CC[C@](O)(C(F)(F)F)C1. The summed E-state index contributed by atoms with van der Waals surface area (Å²) in [6.45, 7) is -0.452. The van der Waals surface area contributed by atoms with Gasteiger partial charge < -0.3 is 5.11 Å². The molecule has 0 saturated carbocycles. The molecule has 1 saturated heterocycles. The van der Waals surface area contributed by atoms with Gasteiger partial charge in [-0.1, -0.05) is 0 Å². The first-order valence-electron chi connectivity index (χ1n) is 3.14. The molecule has 0 aromatic heterocycles. The van der Waals surface area contributed by atoms with Gasteiger partial charge in [-0.2, -0.15) is 13.2 Å². The van der Waals surface area contributed by atoms with Gasteiger partial charge in [-0.25, -0.2) is 5.01 Å². The summed E-state index contributed by atoms with van der Waals surface area (Å²) < 4.78 is 36.0. The van der Waals surface area contributed by atoms with E-state index in [4.69, 9.17) is 10.9 Å². The number of rotatable bonds is 0. The molecule has 0 aromatic carbocycles. The maximum Gasteiger partial charge on any atom is 0.418 e. The van der Waals surface area contributed by atoms with Crippen LogP contribution in [0, 0.1) is 0 Å². The summed E-state index contributed by atoms with van der Waals surface area (Å²) in [6.07, 6.45) is -4.91. The third-order valence-corrected chi connectivity index (χ3v) is 1.80. The van der Waals surface area contributed by atoms with Gasteiger partial charge in [-0.05, 0) is 0 Å². The number of hydrogen-bond acceptors (Lipinski definition) is 3. The van der Waals surface area contributed by atoms with E-state index in [1.165, 1.54) is 0 Å². The van der Waals surface area contributed by atoms with Crippen molar-refractivity contribution in [3.8, 4) is 0 Å². The number of aliphatic hydroxyl groups is 1. The zero-order valence-corrected chi connectivity index (χ0v) is 5.73. The summed E-state index contributed by atoms with van der Waals surface area (Å²) in [4.78, 5) is 0. The lowest BCUT2D eigenvalue weighted by atomic mass is 10.0. The number of β-amino-alcohol motifs (C(OH)–C–C–N with tert-alkyl or cyclic N) is 1. The van der Waals surface area contributed by atoms with Crippen LogP contribution in [0.5, 0.6) is 0 Å². The van der Waals surface area contributed by atoms with E-state index in [9.17, 15) is 13.2 Å². The molecule has 1 atom stereocenters. The first-order chi connectivity index (χ1) is 4.85. The van der Waals surface area contributed by atoms with Crippen LogP contribution in [0.15, 0.2) is 0 Å². The van der Waals surface area contributed by atoms with Gasteiger partial charge in [0.05, 0.1) is 6.54 Å². The normalized spacial score (nSPS) is 34.6. The van der Waals surface area contributed by atoms with Crippen LogP contribution in [0.3, 0.4) is 0 Å². The lowest BCUT2D eigenvalue weighted by Crippen LogP contribution is -2.48. The number of nitrogens with two attached hydrogens (primary N) is 1. The zero-order chi connectivity index (χ0) is 8.70. The van der Waals surface area contributed by atoms with Crippen molar-refractivity contribution < 1.29 is 18.3 Å². The van der Waals surface area contributed by atoms with Gasteiger partial charge in [0.2, 0.25) is 0 Å². The fourth-order valence-corrected chi connectivity index (χ4v) is 1.05. The van der Waals surface area contributed by atoms with Crippen LogP contribution in [0.2, 0.25) is 0 Å². The predicted octanol–water partition coefficient (Wildman–Crippen LogP) is -0.141. The van der Waals surface area contributed by atoms with Crippen molar-refractivity contribution >= 4 is 0 Å². The van der Waals surface area contributed by atoms with Crippen LogP contribution in [0.1, 0.15) is 6.42 Å². The first-order valence-corrected chi connectivity index (χ1v) is 3.14. The standard InChI is InChI=1S/C5H9F3N2O/c6-5(7,8)4(11)1-2-10(9)3-4/h11H,1-3,9H2/t4-/m1/s1. The van der Waals surface area contributed by atoms with Crippen LogP contribution in [-0.4, -0.2) is 35.0 Å². The molecule has 3 nitrogen and oxygen atoms in total. The first kappa shape index (κ1) is 8.76. The van der Waals surface area contributed by atoms with Gasteiger partial charge in [-0.3, -0.25) is 5.84 Å². The number of hydrazine groups is 1.